The lowest BCUT2D eigenvalue weighted by Crippen LogP contribution is -2.36. The third-order valence-corrected chi connectivity index (χ3v) is 4.06. The zero-order valence-corrected chi connectivity index (χ0v) is 11.1. The Hall–Kier alpha value is -0.160. The normalized spacial score (nSPS) is 34.1. The quantitative estimate of drug-likeness (QED) is 0.733. The summed E-state index contributed by atoms with van der Waals surface area (Å²) in [5.74, 6) is 0.906. The molecule has 0 amide bonds. The van der Waals surface area contributed by atoms with Gasteiger partial charge in [0.2, 0.25) is 0 Å². The number of hydrogen-bond donors (Lipinski definition) is 1. The van der Waals surface area contributed by atoms with Gasteiger partial charge in [0.1, 0.15) is 0 Å². The summed E-state index contributed by atoms with van der Waals surface area (Å²) in [5, 5.41) is 10.0. The van der Waals surface area contributed by atoms with Gasteiger partial charge in [0, 0.05) is 19.0 Å². The first kappa shape index (κ1) is 13.3. The van der Waals surface area contributed by atoms with Gasteiger partial charge < -0.3 is 19.6 Å². The van der Waals surface area contributed by atoms with E-state index in [2.05, 4.69) is 23.9 Å². The number of aliphatic hydroxyl groups excluding tert-OH is 1. The minimum atomic E-state index is -0.563. The van der Waals surface area contributed by atoms with E-state index in [0.29, 0.717) is 18.4 Å². The molecular formula is C13H26N2O2. The molecule has 4 nitrogen and oxygen atoms in total. The smallest absolute Gasteiger partial charge is 0.158 e. The summed E-state index contributed by atoms with van der Waals surface area (Å²) < 4.78 is 5.66. The molecule has 3 unspecified atom stereocenters. The van der Waals surface area contributed by atoms with E-state index in [4.69, 9.17) is 4.74 Å². The molecule has 0 bridgehead atoms. The Morgan fingerprint density at radius 3 is 2.59 bits per heavy atom. The zero-order chi connectivity index (χ0) is 12.3. The third kappa shape index (κ3) is 3.91. The standard InChI is InChI=1S/C13H26N2O2/c1-14-6-3-4-11(8-14)10-17-13(16)12-5-7-15(2)9-12/h11-13,16H,3-10H2,1-2H3. The van der Waals surface area contributed by atoms with E-state index >= 15 is 0 Å². The number of ether oxygens (including phenoxy) is 1. The highest BCUT2D eigenvalue weighted by atomic mass is 16.6. The van der Waals surface area contributed by atoms with Gasteiger partial charge in [-0.1, -0.05) is 0 Å². The molecule has 1 N–H and O–H groups in total. The summed E-state index contributed by atoms with van der Waals surface area (Å²) in [4.78, 5) is 4.61. The van der Waals surface area contributed by atoms with E-state index in [-0.39, 0.29) is 0 Å². The van der Waals surface area contributed by atoms with Crippen LogP contribution in [0, 0.1) is 11.8 Å². The number of hydrogen-bond acceptors (Lipinski definition) is 4. The second-order valence-electron chi connectivity index (χ2n) is 5.81. The molecule has 0 radical (unpaired) electrons. The van der Waals surface area contributed by atoms with Gasteiger partial charge >= 0.3 is 0 Å². The molecule has 100 valence electrons. The van der Waals surface area contributed by atoms with Crippen molar-refractivity contribution in [1.29, 1.82) is 0 Å². The fourth-order valence-electron chi connectivity index (χ4n) is 2.98. The predicted octanol–water partition coefficient (Wildman–Crippen LogP) is 0.615. The Balaban J connectivity index is 1.67. The first-order valence-corrected chi connectivity index (χ1v) is 6.82. The lowest BCUT2D eigenvalue weighted by atomic mass is 9.99. The van der Waals surface area contributed by atoms with E-state index in [1.807, 2.05) is 0 Å². The van der Waals surface area contributed by atoms with Gasteiger partial charge in [0.15, 0.2) is 6.29 Å². The average molecular weight is 242 g/mol. The van der Waals surface area contributed by atoms with Crippen molar-refractivity contribution in [2.24, 2.45) is 11.8 Å². The zero-order valence-electron chi connectivity index (χ0n) is 11.1. The highest BCUT2D eigenvalue weighted by molar-refractivity contribution is 4.76. The van der Waals surface area contributed by atoms with Gasteiger partial charge in [-0.2, -0.15) is 0 Å². The van der Waals surface area contributed by atoms with E-state index in [1.165, 1.54) is 19.4 Å². The molecule has 4 heteroatoms. The molecule has 17 heavy (non-hydrogen) atoms. The van der Waals surface area contributed by atoms with Crippen LogP contribution in [0.5, 0.6) is 0 Å². The van der Waals surface area contributed by atoms with Crippen molar-refractivity contribution >= 4 is 0 Å². The second-order valence-corrected chi connectivity index (χ2v) is 5.81. The van der Waals surface area contributed by atoms with Gasteiger partial charge in [-0.15, -0.1) is 0 Å². The molecule has 0 aliphatic carbocycles. The summed E-state index contributed by atoms with van der Waals surface area (Å²) in [6.45, 7) is 5.07. The van der Waals surface area contributed by atoms with Gasteiger partial charge in [-0.3, -0.25) is 0 Å². The summed E-state index contributed by atoms with van der Waals surface area (Å²) in [6, 6.07) is 0. The topological polar surface area (TPSA) is 35.9 Å². The van der Waals surface area contributed by atoms with Crippen LogP contribution in [-0.2, 0) is 4.74 Å². The van der Waals surface area contributed by atoms with Crippen molar-refractivity contribution in [3.63, 3.8) is 0 Å². The SMILES string of the molecule is CN1CCCC(COC(O)C2CCN(C)C2)C1. The largest absolute Gasteiger partial charge is 0.368 e. The second kappa shape index (κ2) is 6.14. The van der Waals surface area contributed by atoms with Crippen molar-refractivity contribution < 1.29 is 9.84 Å². The van der Waals surface area contributed by atoms with Crippen LogP contribution in [-0.4, -0.2) is 68.1 Å². The molecule has 0 saturated carbocycles. The molecule has 2 rings (SSSR count). The van der Waals surface area contributed by atoms with Crippen molar-refractivity contribution in [1.82, 2.24) is 9.80 Å². The number of piperidine rings is 1. The van der Waals surface area contributed by atoms with E-state index < -0.39 is 6.29 Å². The molecule has 2 aliphatic heterocycles. The highest BCUT2D eigenvalue weighted by Crippen LogP contribution is 2.21. The van der Waals surface area contributed by atoms with Gasteiger partial charge in [0.25, 0.3) is 0 Å². The maximum absolute atomic E-state index is 10.0. The third-order valence-electron chi connectivity index (χ3n) is 4.06. The van der Waals surface area contributed by atoms with E-state index in [1.54, 1.807) is 0 Å². The van der Waals surface area contributed by atoms with Crippen LogP contribution in [0.2, 0.25) is 0 Å². The monoisotopic (exact) mass is 242 g/mol. The molecule has 0 aromatic heterocycles. The van der Waals surface area contributed by atoms with E-state index in [0.717, 1.165) is 26.1 Å². The summed E-state index contributed by atoms with van der Waals surface area (Å²) >= 11 is 0. The fourth-order valence-corrected chi connectivity index (χ4v) is 2.98. The van der Waals surface area contributed by atoms with Crippen LogP contribution in [0.25, 0.3) is 0 Å². The van der Waals surface area contributed by atoms with Gasteiger partial charge in [-0.05, 0) is 52.4 Å². The Kier molecular flexibility index (Phi) is 4.79. The van der Waals surface area contributed by atoms with Crippen LogP contribution in [0.4, 0.5) is 0 Å². The number of rotatable bonds is 4. The maximum Gasteiger partial charge on any atom is 0.158 e. The van der Waals surface area contributed by atoms with Crippen LogP contribution >= 0.6 is 0 Å². The van der Waals surface area contributed by atoms with Crippen LogP contribution in [0.15, 0.2) is 0 Å². The van der Waals surface area contributed by atoms with E-state index in [9.17, 15) is 5.11 Å². The molecule has 2 fully saturated rings. The molecule has 0 aromatic rings. The lowest BCUT2D eigenvalue weighted by Gasteiger charge is -2.30. The molecule has 2 aliphatic rings. The minimum absolute atomic E-state index is 0.307. The molecule has 2 heterocycles. The average Bonchev–Trinajstić information content (AvgIpc) is 2.73. The first-order chi connectivity index (χ1) is 8.15. The predicted molar refractivity (Wildman–Crippen MR) is 67.8 cm³/mol. The minimum Gasteiger partial charge on any atom is -0.368 e. The summed E-state index contributed by atoms with van der Waals surface area (Å²) in [7, 11) is 4.26. The molecular weight excluding hydrogens is 216 g/mol. The molecule has 2 saturated heterocycles. The Morgan fingerprint density at radius 2 is 1.94 bits per heavy atom. The summed E-state index contributed by atoms with van der Waals surface area (Å²) in [5.41, 5.74) is 0. The van der Waals surface area contributed by atoms with Crippen molar-refractivity contribution in [3.05, 3.63) is 0 Å². The summed E-state index contributed by atoms with van der Waals surface area (Å²) in [6.07, 6.45) is 2.99. The lowest BCUT2D eigenvalue weighted by molar-refractivity contribution is -0.142. The Morgan fingerprint density at radius 1 is 1.18 bits per heavy atom. The Bertz CT molecular complexity index is 237. The van der Waals surface area contributed by atoms with Crippen LogP contribution < -0.4 is 0 Å². The van der Waals surface area contributed by atoms with Gasteiger partial charge in [-0.25, -0.2) is 0 Å². The van der Waals surface area contributed by atoms with Gasteiger partial charge in [0.05, 0.1) is 6.61 Å². The fraction of sp³-hybridized carbons (Fsp3) is 1.00. The number of likely N-dealkylation sites (tertiary alicyclic amines) is 2. The molecule has 3 atom stereocenters. The van der Waals surface area contributed by atoms with Crippen molar-refractivity contribution in [3.8, 4) is 0 Å². The highest BCUT2D eigenvalue weighted by Gasteiger charge is 2.28. The van der Waals surface area contributed by atoms with Crippen molar-refractivity contribution in [2.75, 3.05) is 46.9 Å². The Labute approximate surface area is 105 Å². The number of aliphatic hydroxyl groups is 1. The van der Waals surface area contributed by atoms with Crippen LogP contribution in [0.3, 0.4) is 0 Å². The molecule has 0 spiro atoms. The maximum atomic E-state index is 10.0. The van der Waals surface area contributed by atoms with Crippen LogP contribution in [0.1, 0.15) is 19.3 Å². The first-order valence-electron chi connectivity index (χ1n) is 6.82. The molecule has 0 aromatic carbocycles. The van der Waals surface area contributed by atoms with Crippen molar-refractivity contribution in [2.45, 2.75) is 25.6 Å². The number of nitrogens with zero attached hydrogens (tertiary/aromatic N) is 2.